The molecule has 1 heterocycles. The van der Waals surface area contributed by atoms with Crippen molar-refractivity contribution in [2.45, 2.75) is 4.58 Å². The van der Waals surface area contributed by atoms with Crippen molar-refractivity contribution in [2.24, 2.45) is 10.3 Å². The Morgan fingerprint density at radius 2 is 2.38 bits per heavy atom. The van der Waals surface area contributed by atoms with Gasteiger partial charge in [0.25, 0.3) is 0 Å². The van der Waals surface area contributed by atoms with Crippen LogP contribution in [0.4, 0.5) is 0 Å². The molecule has 7 heteroatoms. The summed E-state index contributed by atoms with van der Waals surface area (Å²) in [5, 5.41) is 0. The molecule has 0 aromatic heterocycles. The lowest BCUT2D eigenvalue weighted by atomic mass is 10.2. The second-order valence-corrected chi connectivity index (χ2v) is 6.79. The molecule has 0 aliphatic carbocycles. The highest BCUT2D eigenvalue weighted by Crippen LogP contribution is 2.33. The molecule has 0 aromatic rings. The summed E-state index contributed by atoms with van der Waals surface area (Å²) >= 11 is 3.19. The largest absolute Gasteiger partial charge is 0.227 e. The molecule has 0 bridgehead atoms. The van der Waals surface area contributed by atoms with Gasteiger partial charge in [-0.05, 0) is 18.2 Å². The quantitative estimate of drug-likeness (QED) is 0.730. The molecule has 2 unspecified atom stereocenters. The number of hydrogen-bond donors (Lipinski definition) is 1. The first-order valence-electron chi connectivity index (χ1n) is 3.69. The van der Waals surface area contributed by atoms with E-state index in [1.54, 1.807) is 11.8 Å². The fourth-order valence-corrected chi connectivity index (χ4v) is 3.11. The number of rotatable bonds is 4. The SMILES string of the molecule is CSC1SN=CC1CNS(C)(=O)=O. The first-order valence-corrected chi connectivity index (χ1v) is 7.71. The van der Waals surface area contributed by atoms with Crippen molar-refractivity contribution >= 4 is 39.9 Å². The van der Waals surface area contributed by atoms with E-state index in [-0.39, 0.29) is 5.92 Å². The minimum Gasteiger partial charge on any atom is -0.227 e. The van der Waals surface area contributed by atoms with Crippen LogP contribution in [-0.2, 0) is 10.0 Å². The molecule has 0 aromatic carbocycles. The van der Waals surface area contributed by atoms with Gasteiger partial charge in [-0.15, -0.1) is 11.8 Å². The van der Waals surface area contributed by atoms with Crippen LogP contribution in [-0.4, -0.2) is 38.3 Å². The summed E-state index contributed by atoms with van der Waals surface area (Å²) in [6.07, 6.45) is 4.98. The number of thioether (sulfide) groups is 1. The zero-order chi connectivity index (χ0) is 9.90. The molecule has 1 aliphatic heterocycles. The Labute approximate surface area is 87.1 Å². The molecule has 0 amide bonds. The maximum absolute atomic E-state index is 10.8. The van der Waals surface area contributed by atoms with Crippen molar-refractivity contribution in [3.05, 3.63) is 0 Å². The van der Waals surface area contributed by atoms with E-state index in [2.05, 4.69) is 9.12 Å². The number of hydrogen-bond acceptors (Lipinski definition) is 5. The van der Waals surface area contributed by atoms with Gasteiger partial charge in [-0.2, -0.15) is 0 Å². The highest BCUT2D eigenvalue weighted by atomic mass is 32.2. The van der Waals surface area contributed by atoms with Crippen LogP contribution in [0.1, 0.15) is 0 Å². The van der Waals surface area contributed by atoms with Crippen LogP contribution < -0.4 is 4.72 Å². The maximum atomic E-state index is 10.8. The van der Waals surface area contributed by atoms with Gasteiger partial charge in [0.1, 0.15) is 0 Å². The normalized spacial score (nSPS) is 28.2. The van der Waals surface area contributed by atoms with Gasteiger partial charge >= 0.3 is 0 Å². The van der Waals surface area contributed by atoms with E-state index in [1.807, 2.05) is 12.5 Å². The summed E-state index contributed by atoms with van der Waals surface area (Å²) in [5.74, 6) is 0.203. The monoisotopic (exact) mass is 240 g/mol. The van der Waals surface area contributed by atoms with Crippen molar-refractivity contribution in [2.75, 3.05) is 19.1 Å². The lowest BCUT2D eigenvalue weighted by molar-refractivity contribution is 0.581. The Morgan fingerprint density at radius 1 is 1.69 bits per heavy atom. The molecule has 1 N–H and O–H groups in total. The second kappa shape index (κ2) is 4.68. The van der Waals surface area contributed by atoms with Crippen molar-refractivity contribution in [3.63, 3.8) is 0 Å². The van der Waals surface area contributed by atoms with Gasteiger partial charge in [0.2, 0.25) is 10.0 Å². The highest BCUT2D eigenvalue weighted by molar-refractivity contribution is 8.16. The molecule has 0 radical (unpaired) electrons. The molecule has 2 atom stereocenters. The van der Waals surface area contributed by atoms with Crippen molar-refractivity contribution in [1.82, 2.24) is 4.72 Å². The topological polar surface area (TPSA) is 58.5 Å². The van der Waals surface area contributed by atoms with Crippen molar-refractivity contribution in [3.8, 4) is 0 Å². The van der Waals surface area contributed by atoms with E-state index in [1.165, 1.54) is 18.2 Å². The summed E-state index contributed by atoms with van der Waals surface area (Å²) in [6.45, 7) is 0.445. The average molecular weight is 240 g/mol. The fourth-order valence-electron chi connectivity index (χ4n) is 0.936. The molecule has 0 saturated carbocycles. The van der Waals surface area contributed by atoms with E-state index in [0.29, 0.717) is 11.1 Å². The lowest BCUT2D eigenvalue weighted by Gasteiger charge is -2.13. The maximum Gasteiger partial charge on any atom is 0.208 e. The van der Waals surface area contributed by atoms with Crippen molar-refractivity contribution in [1.29, 1.82) is 0 Å². The molecular formula is C6H12N2O2S3. The predicted molar refractivity (Wildman–Crippen MR) is 59.7 cm³/mol. The van der Waals surface area contributed by atoms with Crippen LogP contribution in [0.25, 0.3) is 0 Å². The molecule has 0 saturated heterocycles. The zero-order valence-electron chi connectivity index (χ0n) is 7.43. The van der Waals surface area contributed by atoms with E-state index in [0.717, 1.165) is 0 Å². The Balaban J connectivity index is 2.41. The molecule has 0 fully saturated rings. The molecular weight excluding hydrogens is 228 g/mol. The third kappa shape index (κ3) is 3.88. The minimum atomic E-state index is -3.07. The van der Waals surface area contributed by atoms with Crippen LogP contribution in [0.2, 0.25) is 0 Å². The standard InChI is InChI=1S/C6H12N2O2S3/c1-11-6-5(3-7-12-6)4-8-13(2,9)10/h3,5-6,8H,4H2,1-2H3. The molecule has 4 nitrogen and oxygen atoms in total. The van der Waals surface area contributed by atoms with E-state index < -0.39 is 10.0 Å². The smallest absolute Gasteiger partial charge is 0.208 e. The molecule has 13 heavy (non-hydrogen) atoms. The van der Waals surface area contributed by atoms with Gasteiger partial charge in [-0.25, -0.2) is 17.5 Å². The third-order valence-corrected chi connectivity index (χ3v) is 4.72. The fraction of sp³-hybridized carbons (Fsp3) is 0.833. The summed E-state index contributed by atoms with van der Waals surface area (Å²) in [6, 6.07) is 0. The minimum absolute atomic E-state index is 0.203. The Kier molecular flexibility index (Phi) is 4.08. The summed E-state index contributed by atoms with van der Waals surface area (Å²) in [7, 11) is -3.07. The highest BCUT2D eigenvalue weighted by Gasteiger charge is 2.24. The Hall–Kier alpha value is 0.280. The van der Waals surface area contributed by atoms with Gasteiger partial charge in [0.15, 0.2) is 0 Å². The van der Waals surface area contributed by atoms with Gasteiger partial charge < -0.3 is 0 Å². The molecule has 76 valence electrons. The summed E-state index contributed by atoms with van der Waals surface area (Å²) < 4.78 is 28.5. The molecule has 1 rings (SSSR count). The van der Waals surface area contributed by atoms with Gasteiger partial charge in [-0.3, -0.25) is 0 Å². The second-order valence-electron chi connectivity index (χ2n) is 2.75. The first kappa shape index (κ1) is 11.4. The van der Waals surface area contributed by atoms with Crippen LogP contribution in [0, 0.1) is 5.92 Å². The summed E-state index contributed by atoms with van der Waals surface area (Å²) in [5.41, 5.74) is 0. The Morgan fingerprint density at radius 3 is 2.92 bits per heavy atom. The predicted octanol–water partition coefficient (Wildman–Crippen LogP) is 0.573. The number of nitrogens with one attached hydrogen (secondary N) is 1. The van der Waals surface area contributed by atoms with E-state index >= 15 is 0 Å². The first-order chi connectivity index (χ1) is 6.03. The zero-order valence-corrected chi connectivity index (χ0v) is 9.88. The van der Waals surface area contributed by atoms with E-state index in [9.17, 15) is 8.42 Å². The number of sulfonamides is 1. The van der Waals surface area contributed by atoms with Gasteiger partial charge in [0.05, 0.1) is 10.8 Å². The van der Waals surface area contributed by atoms with Crippen LogP contribution in [0.15, 0.2) is 4.40 Å². The Bertz CT molecular complexity index is 288. The van der Waals surface area contributed by atoms with Gasteiger partial charge in [0, 0.05) is 18.7 Å². The van der Waals surface area contributed by atoms with Gasteiger partial charge in [-0.1, -0.05) is 0 Å². The average Bonchev–Trinajstić information content (AvgIpc) is 2.46. The van der Waals surface area contributed by atoms with Crippen LogP contribution in [0.5, 0.6) is 0 Å². The van der Waals surface area contributed by atoms with E-state index in [4.69, 9.17) is 0 Å². The van der Waals surface area contributed by atoms with Crippen LogP contribution >= 0.6 is 23.7 Å². The van der Waals surface area contributed by atoms with Crippen molar-refractivity contribution < 1.29 is 8.42 Å². The lowest BCUT2D eigenvalue weighted by Crippen LogP contribution is -2.31. The molecule has 1 aliphatic rings. The molecule has 0 spiro atoms. The number of nitrogens with zero attached hydrogens (tertiary/aromatic N) is 1. The van der Waals surface area contributed by atoms with Crippen LogP contribution in [0.3, 0.4) is 0 Å². The summed E-state index contributed by atoms with van der Waals surface area (Å²) in [4.78, 5) is 0. The third-order valence-electron chi connectivity index (χ3n) is 1.58.